The summed E-state index contributed by atoms with van der Waals surface area (Å²) in [6.07, 6.45) is 27.6. The Labute approximate surface area is 174 Å². The maximum Gasteiger partial charge on any atom is 0.157 e. The van der Waals surface area contributed by atoms with Gasteiger partial charge in [0.05, 0.1) is 6.10 Å². The summed E-state index contributed by atoms with van der Waals surface area (Å²) in [4.78, 5) is 10.9. The second-order valence-corrected chi connectivity index (χ2v) is 8.33. The number of aldehydes is 1. The Morgan fingerprint density at radius 1 is 0.893 bits per heavy atom. The molecule has 0 aromatic rings. The van der Waals surface area contributed by atoms with E-state index < -0.39 is 0 Å². The van der Waals surface area contributed by atoms with Crippen LogP contribution in [0.3, 0.4) is 0 Å². The van der Waals surface area contributed by atoms with Gasteiger partial charge in [0.25, 0.3) is 0 Å². The topological polar surface area (TPSA) is 35.5 Å². The van der Waals surface area contributed by atoms with Crippen molar-refractivity contribution in [3.8, 4) is 0 Å². The summed E-state index contributed by atoms with van der Waals surface area (Å²) in [7, 11) is 0. The maximum atomic E-state index is 10.9. The van der Waals surface area contributed by atoms with Crippen LogP contribution in [0.5, 0.6) is 0 Å². The summed E-state index contributed by atoms with van der Waals surface area (Å²) in [5.74, 6) is 0. The molecule has 1 unspecified atom stereocenters. The van der Waals surface area contributed by atoms with Gasteiger partial charge in [-0.15, -0.1) is 0 Å². The first-order valence-electron chi connectivity index (χ1n) is 12.2. The summed E-state index contributed by atoms with van der Waals surface area (Å²) in [5.41, 5.74) is 0. The molecule has 0 aromatic carbocycles. The molecule has 0 saturated carbocycles. The van der Waals surface area contributed by atoms with Crippen LogP contribution in [0.4, 0.5) is 0 Å². The summed E-state index contributed by atoms with van der Waals surface area (Å²) in [6, 6.07) is 0. The van der Waals surface area contributed by atoms with E-state index in [0.717, 1.165) is 38.6 Å². The second kappa shape index (κ2) is 19.6. The molecule has 0 aromatic heterocycles. The minimum Gasteiger partial charge on any atom is -0.353 e. The predicted octanol–water partition coefficient (Wildman–Crippen LogP) is 7.52. The van der Waals surface area contributed by atoms with E-state index >= 15 is 0 Å². The first kappa shape index (κ1) is 25.4. The number of hydrogen-bond acceptors (Lipinski definition) is 3. The molecule has 0 amide bonds. The number of carbonyl (C=O) groups excluding carboxylic acids is 1. The van der Waals surface area contributed by atoms with E-state index in [0.29, 0.717) is 6.42 Å². The van der Waals surface area contributed by atoms with Gasteiger partial charge in [0, 0.05) is 13.0 Å². The van der Waals surface area contributed by atoms with Crippen LogP contribution in [0.2, 0.25) is 0 Å². The fourth-order valence-corrected chi connectivity index (χ4v) is 3.82. The molecule has 164 valence electrons. The Morgan fingerprint density at radius 2 is 1.54 bits per heavy atom. The third-order valence-electron chi connectivity index (χ3n) is 5.63. The minimum absolute atomic E-state index is 0.0468. The van der Waals surface area contributed by atoms with Gasteiger partial charge in [0.1, 0.15) is 6.29 Å². The van der Waals surface area contributed by atoms with E-state index in [2.05, 4.69) is 19.1 Å². The van der Waals surface area contributed by atoms with Crippen LogP contribution in [0.1, 0.15) is 122 Å². The Hall–Kier alpha value is -0.670. The van der Waals surface area contributed by atoms with Crippen molar-refractivity contribution in [2.24, 2.45) is 0 Å². The van der Waals surface area contributed by atoms with Crippen LogP contribution in [0.15, 0.2) is 12.2 Å². The predicted molar refractivity (Wildman–Crippen MR) is 119 cm³/mol. The fourth-order valence-electron chi connectivity index (χ4n) is 3.82. The lowest BCUT2D eigenvalue weighted by molar-refractivity contribution is -0.190. The minimum atomic E-state index is -0.0816. The van der Waals surface area contributed by atoms with Gasteiger partial charge in [-0.3, -0.25) is 0 Å². The van der Waals surface area contributed by atoms with E-state index in [9.17, 15) is 4.79 Å². The summed E-state index contributed by atoms with van der Waals surface area (Å²) < 4.78 is 11.6. The first-order chi connectivity index (χ1) is 13.9. The number of rotatable bonds is 19. The molecular weight excluding hydrogens is 348 g/mol. The lowest BCUT2D eigenvalue weighted by Crippen LogP contribution is -2.28. The average Bonchev–Trinajstić information content (AvgIpc) is 2.71. The van der Waals surface area contributed by atoms with E-state index in [4.69, 9.17) is 9.47 Å². The highest BCUT2D eigenvalue weighted by Crippen LogP contribution is 2.19. The van der Waals surface area contributed by atoms with Gasteiger partial charge >= 0.3 is 0 Å². The van der Waals surface area contributed by atoms with Crippen molar-refractivity contribution in [3.63, 3.8) is 0 Å². The standard InChI is InChI=1S/C25H46O3/c1-2-3-4-5-6-7-8-9-10-11-12-13-14-15-16-19-24(21-22-26)28-25-20-17-18-23-27-25/h9-10,22,24-25H,2-8,11-21,23H2,1H3/b10-9-/t24?,25-/m0/s1. The molecule has 28 heavy (non-hydrogen) atoms. The van der Waals surface area contributed by atoms with E-state index in [-0.39, 0.29) is 12.4 Å². The summed E-state index contributed by atoms with van der Waals surface area (Å²) in [5, 5.41) is 0. The molecule has 0 radical (unpaired) electrons. The number of hydrogen-bond donors (Lipinski definition) is 0. The van der Waals surface area contributed by atoms with Crippen molar-refractivity contribution in [2.45, 2.75) is 135 Å². The van der Waals surface area contributed by atoms with Crippen LogP contribution in [0, 0.1) is 0 Å². The van der Waals surface area contributed by atoms with Crippen molar-refractivity contribution in [2.75, 3.05) is 6.61 Å². The van der Waals surface area contributed by atoms with Crippen LogP contribution >= 0.6 is 0 Å². The fraction of sp³-hybridized carbons (Fsp3) is 0.880. The number of carbonyl (C=O) groups is 1. The molecule has 0 N–H and O–H groups in total. The van der Waals surface area contributed by atoms with Crippen LogP contribution in [-0.4, -0.2) is 25.3 Å². The van der Waals surface area contributed by atoms with Gasteiger partial charge in [0.2, 0.25) is 0 Å². The Balaban J connectivity index is 1.89. The Morgan fingerprint density at radius 3 is 2.14 bits per heavy atom. The lowest BCUT2D eigenvalue weighted by Gasteiger charge is -2.27. The quantitative estimate of drug-likeness (QED) is 0.129. The normalized spacial score (nSPS) is 18.5. The van der Waals surface area contributed by atoms with Gasteiger partial charge < -0.3 is 14.3 Å². The molecular formula is C25H46O3. The van der Waals surface area contributed by atoms with E-state index in [1.165, 1.54) is 83.5 Å². The molecule has 1 saturated heterocycles. The van der Waals surface area contributed by atoms with Crippen LogP contribution in [0.25, 0.3) is 0 Å². The molecule has 0 spiro atoms. The van der Waals surface area contributed by atoms with Gasteiger partial charge in [-0.25, -0.2) is 0 Å². The molecule has 1 aliphatic rings. The molecule has 1 rings (SSSR count). The van der Waals surface area contributed by atoms with E-state index in [1.807, 2.05) is 0 Å². The first-order valence-corrected chi connectivity index (χ1v) is 12.2. The molecule has 1 aliphatic heterocycles. The summed E-state index contributed by atoms with van der Waals surface area (Å²) >= 11 is 0. The van der Waals surface area contributed by atoms with Crippen molar-refractivity contribution < 1.29 is 14.3 Å². The van der Waals surface area contributed by atoms with Crippen LogP contribution in [-0.2, 0) is 14.3 Å². The van der Waals surface area contributed by atoms with Gasteiger partial charge in [-0.2, -0.15) is 0 Å². The second-order valence-electron chi connectivity index (χ2n) is 8.33. The van der Waals surface area contributed by atoms with E-state index in [1.54, 1.807) is 0 Å². The van der Waals surface area contributed by atoms with Crippen molar-refractivity contribution in [1.82, 2.24) is 0 Å². The zero-order chi connectivity index (χ0) is 20.1. The summed E-state index contributed by atoms with van der Waals surface area (Å²) in [6.45, 7) is 3.07. The number of unbranched alkanes of at least 4 members (excludes halogenated alkanes) is 11. The Kier molecular flexibility index (Phi) is 17.8. The monoisotopic (exact) mass is 394 g/mol. The highest BCUT2D eigenvalue weighted by molar-refractivity contribution is 5.50. The molecule has 1 heterocycles. The zero-order valence-electron chi connectivity index (χ0n) is 18.5. The average molecular weight is 395 g/mol. The molecule has 0 aliphatic carbocycles. The smallest absolute Gasteiger partial charge is 0.157 e. The molecule has 2 atom stereocenters. The van der Waals surface area contributed by atoms with Crippen molar-refractivity contribution in [1.29, 1.82) is 0 Å². The Bertz CT molecular complexity index is 361. The van der Waals surface area contributed by atoms with Gasteiger partial charge in [-0.05, 0) is 51.4 Å². The van der Waals surface area contributed by atoms with Crippen molar-refractivity contribution >= 4 is 6.29 Å². The van der Waals surface area contributed by atoms with Crippen molar-refractivity contribution in [3.05, 3.63) is 12.2 Å². The molecule has 3 nitrogen and oxygen atoms in total. The van der Waals surface area contributed by atoms with Crippen LogP contribution < -0.4 is 0 Å². The van der Waals surface area contributed by atoms with Gasteiger partial charge in [0.15, 0.2) is 6.29 Å². The highest BCUT2D eigenvalue weighted by atomic mass is 16.7. The zero-order valence-corrected chi connectivity index (χ0v) is 18.5. The number of ether oxygens (including phenoxy) is 2. The molecule has 1 fully saturated rings. The molecule has 0 bridgehead atoms. The third kappa shape index (κ3) is 15.3. The lowest BCUT2D eigenvalue weighted by atomic mass is 10.0. The SMILES string of the molecule is CCCCCCCC/C=C\CCCCCCCC(CC=O)O[C@H]1CCCCO1. The maximum absolute atomic E-state index is 10.9. The number of allylic oxidation sites excluding steroid dienone is 2. The highest BCUT2D eigenvalue weighted by Gasteiger charge is 2.19. The largest absolute Gasteiger partial charge is 0.353 e. The third-order valence-corrected chi connectivity index (χ3v) is 5.63. The molecule has 3 heteroatoms. The van der Waals surface area contributed by atoms with Gasteiger partial charge in [-0.1, -0.05) is 76.9 Å².